The first-order valence-electron chi connectivity index (χ1n) is 5.50. The van der Waals surface area contributed by atoms with Gasteiger partial charge >= 0.3 is 0 Å². The summed E-state index contributed by atoms with van der Waals surface area (Å²) in [5.41, 5.74) is 6.09. The number of nitrogens with zero attached hydrogens (tertiary/aromatic N) is 2. The molecule has 3 nitrogen and oxygen atoms in total. The van der Waals surface area contributed by atoms with E-state index in [2.05, 4.69) is 23.7 Å². The molecule has 1 aromatic heterocycles. The number of anilines is 1. The summed E-state index contributed by atoms with van der Waals surface area (Å²) in [6.45, 7) is 7.56. The van der Waals surface area contributed by atoms with E-state index in [4.69, 9.17) is 5.73 Å². The summed E-state index contributed by atoms with van der Waals surface area (Å²) in [5.74, 6) is 0. The first-order valence-corrected chi connectivity index (χ1v) is 6.32. The minimum absolute atomic E-state index is 0.504. The van der Waals surface area contributed by atoms with Crippen molar-refractivity contribution < 1.29 is 0 Å². The van der Waals surface area contributed by atoms with Crippen molar-refractivity contribution >= 4 is 16.5 Å². The highest BCUT2D eigenvalue weighted by Gasteiger charge is 2.26. The summed E-state index contributed by atoms with van der Waals surface area (Å²) in [6.07, 6.45) is 4.41. The number of thiazole rings is 1. The SMILES string of the molecule is CC1(C)CCN(c2ncc(CN)s2)CC1. The molecule has 1 fully saturated rings. The Bertz CT molecular complexity index is 322. The van der Waals surface area contributed by atoms with Crippen molar-refractivity contribution in [3.05, 3.63) is 11.1 Å². The van der Waals surface area contributed by atoms with Crippen molar-refractivity contribution in [3.63, 3.8) is 0 Å². The third-order valence-corrected chi connectivity index (χ3v) is 4.21. The van der Waals surface area contributed by atoms with Gasteiger partial charge < -0.3 is 10.6 Å². The molecule has 0 radical (unpaired) electrons. The van der Waals surface area contributed by atoms with E-state index >= 15 is 0 Å². The lowest BCUT2D eigenvalue weighted by atomic mass is 9.83. The fourth-order valence-corrected chi connectivity index (χ4v) is 2.68. The maximum absolute atomic E-state index is 5.59. The van der Waals surface area contributed by atoms with E-state index in [-0.39, 0.29) is 0 Å². The van der Waals surface area contributed by atoms with Crippen molar-refractivity contribution in [1.29, 1.82) is 0 Å². The van der Waals surface area contributed by atoms with Gasteiger partial charge in [0.15, 0.2) is 5.13 Å². The van der Waals surface area contributed by atoms with E-state index in [1.165, 1.54) is 17.7 Å². The van der Waals surface area contributed by atoms with Crippen LogP contribution in [0.5, 0.6) is 0 Å². The van der Waals surface area contributed by atoms with Gasteiger partial charge in [0.1, 0.15) is 0 Å². The van der Waals surface area contributed by atoms with E-state index in [0.717, 1.165) is 18.2 Å². The van der Waals surface area contributed by atoms with Gasteiger partial charge in [0.25, 0.3) is 0 Å². The highest BCUT2D eigenvalue weighted by molar-refractivity contribution is 7.15. The molecule has 0 spiro atoms. The number of rotatable bonds is 2. The lowest BCUT2D eigenvalue weighted by molar-refractivity contribution is 0.280. The Kier molecular flexibility index (Phi) is 2.98. The third-order valence-electron chi connectivity index (χ3n) is 3.13. The van der Waals surface area contributed by atoms with Gasteiger partial charge in [-0.15, -0.1) is 11.3 Å². The van der Waals surface area contributed by atoms with Crippen molar-refractivity contribution in [2.75, 3.05) is 18.0 Å². The second-order valence-electron chi connectivity index (χ2n) is 4.96. The van der Waals surface area contributed by atoms with Crippen LogP contribution >= 0.6 is 11.3 Å². The van der Waals surface area contributed by atoms with Crippen LogP contribution in [0, 0.1) is 5.41 Å². The molecule has 0 bridgehead atoms. The fourth-order valence-electron chi connectivity index (χ4n) is 1.84. The van der Waals surface area contributed by atoms with Crippen molar-refractivity contribution in [2.24, 2.45) is 11.1 Å². The summed E-state index contributed by atoms with van der Waals surface area (Å²) in [4.78, 5) is 7.98. The average Bonchev–Trinajstić information content (AvgIpc) is 2.66. The highest BCUT2D eigenvalue weighted by atomic mass is 32.1. The second-order valence-corrected chi connectivity index (χ2v) is 6.06. The Morgan fingerprint density at radius 3 is 2.67 bits per heavy atom. The second kappa shape index (κ2) is 4.10. The topological polar surface area (TPSA) is 42.2 Å². The van der Waals surface area contributed by atoms with E-state index in [1.54, 1.807) is 11.3 Å². The van der Waals surface area contributed by atoms with E-state index < -0.39 is 0 Å². The molecular weight excluding hydrogens is 206 g/mol. The van der Waals surface area contributed by atoms with E-state index in [1.807, 2.05) is 6.20 Å². The first kappa shape index (κ1) is 10.9. The highest BCUT2D eigenvalue weighted by Crippen LogP contribution is 2.33. The molecule has 2 N–H and O–H groups in total. The molecule has 1 aliphatic rings. The molecule has 0 unspecified atom stereocenters. The Labute approximate surface area is 95.3 Å². The number of aromatic nitrogens is 1. The number of nitrogens with two attached hydrogens (primary N) is 1. The van der Waals surface area contributed by atoms with Gasteiger partial charge in [-0.25, -0.2) is 4.98 Å². The molecule has 2 rings (SSSR count). The maximum Gasteiger partial charge on any atom is 0.185 e. The molecule has 84 valence electrons. The molecular formula is C11H19N3S. The molecule has 4 heteroatoms. The lowest BCUT2D eigenvalue weighted by Gasteiger charge is -2.36. The molecule has 1 saturated heterocycles. The fraction of sp³-hybridized carbons (Fsp3) is 0.727. The zero-order valence-electron chi connectivity index (χ0n) is 9.49. The van der Waals surface area contributed by atoms with Crippen LogP contribution in [0.4, 0.5) is 5.13 Å². The monoisotopic (exact) mass is 225 g/mol. The Hall–Kier alpha value is -0.610. The van der Waals surface area contributed by atoms with Gasteiger partial charge in [-0.2, -0.15) is 0 Å². The van der Waals surface area contributed by atoms with Crippen LogP contribution in [0.25, 0.3) is 0 Å². The first-order chi connectivity index (χ1) is 7.11. The summed E-state index contributed by atoms with van der Waals surface area (Å²) < 4.78 is 0. The molecule has 0 atom stereocenters. The van der Waals surface area contributed by atoms with Gasteiger partial charge in [-0.1, -0.05) is 13.8 Å². The smallest absolute Gasteiger partial charge is 0.185 e. The summed E-state index contributed by atoms with van der Waals surface area (Å²) >= 11 is 1.73. The van der Waals surface area contributed by atoms with Crippen molar-refractivity contribution in [3.8, 4) is 0 Å². The Balaban J connectivity index is 2.01. The summed E-state index contributed by atoms with van der Waals surface area (Å²) in [7, 11) is 0. The predicted octanol–water partition coefficient (Wildman–Crippen LogP) is 2.23. The van der Waals surface area contributed by atoms with Crippen LogP contribution in [0.2, 0.25) is 0 Å². The Morgan fingerprint density at radius 1 is 1.47 bits per heavy atom. The number of hydrogen-bond donors (Lipinski definition) is 1. The Morgan fingerprint density at radius 2 is 2.13 bits per heavy atom. The normalized spacial score (nSPS) is 20.6. The molecule has 15 heavy (non-hydrogen) atoms. The van der Waals surface area contributed by atoms with Crippen LogP contribution in [-0.2, 0) is 6.54 Å². The zero-order valence-corrected chi connectivity index (χ0v) is 10.3. The standard InChI is InChI=1S/C11H19N3S/c1-11(2)3-5-14(6-4-11)10-13-8-9(7-12)15-10/h8H,3-7,12H2,1-2H3. The summed E-state index contributed by atoms with van der Waals surface area (Å²) in [6, 6.07) is 0. The van der Waals surface area contributed by atoms with Gasteiger partial charge in [0, 0.05) is 30.7 Å². The van der Waals surface area contributed by atoms with Crippen LogP contribution < -0.4 is 10.6 Å². The third kappa shape index (κ3) is 2.49. The van der Waals surface area contributed by atoms with E-state index in [0.29, 0.717) is 12.0 Å². The zero-order chi connectivity index (χ0) is 10.9. The number of hydrogen-bond acceptors (Lipinski definition) is 4. The maximum atomic E-state index is 5.59. The molecule has 1 aromatic rings. The molecule has 0 saturated carbocycles. The minimum Gasteiger partial charge on any atom is -0.348 e. The molecule has 2 heterocycles. The van der Waals surface area contributed by atoms with Gasteiger partial charge in [-0.3, -0.25) is 0 Å². The largest absolute Gasteiger partial charge is 0.348 e. The average molecular weight is 225 g/mol. The molecule has 0 amide bonds. The van der Waals surface area contributed by atoms with Crippen molar-refractivity contribution in [2.45, 2.75) is 33.2 Å². The van der Waals surface area contributed by atoms with Crippen LogP contribution in [0.1, 0.15) is 31.6 Å². The molecule has 1 aliphatic heterocycles. The van der Waals surface area contributed by atoms with Crippen LogP contribution in [0.15, 0.2) is 6.20 Å². The van der Waals surface area contributed by atoms with Crippen LogP contribution in [-0.4, -0.2) is 18.1 Å². The quantitative estimate of drug-likeness (QED) is 0.839. The number of piperidine rings is 1. The molecule has 0 aliphatic carbocycles. The van der Waals surface area contributed by atoms with Crippen molar-refractivity contribution in [1.82, 2.24) is 4.98 Å². The summed E-state index contributed by atoms with van der Waals surface area (Å²) in [5, 5.41) is 1.14. The molecule has 0 aromatic carbocycles. The minimum atomic E-state index is 0.504. The van der Waals surface area contributed by atoms with Gasteiger partial charge in [0.2, 0.25) is 0 Å². The predicted molar refractivity (Wildman–Crippen MR) is 65.2 cm³/mol. The van der Waals surface area contributed by atoms with Gasteiger partial charge in [0.05, 0.1) is 0 Å². The van der Waals surface area contributed by atoms with E-state index in [9.17, 15) is 0 Å². The lowest BCUT2D eigenvalue weighted by Crippen LogP contribution is -2.37. The van der Waals surface area contributed by atoms with Gasteiger partial charge in [-0.05, 0) is 18.3 Å². The van der Waals surface area contributed by atoms with Crippen LogP contribution in [0.3, 0.4) is 0 Å².